The van der Waals surface area contributed by atoms with E-state index in [0.717, 1.165) is 28.3 Å². The van der Waals surface area contributed by atoms with Crippen LogP contribution in [-0.2, 0) is 0 Å². The maximum absolute atomic E-state index is 12.3. The van der Waals surface area contributed by atoms with Crippen LogP contribution in [0.1, 0.15) is 23.2 Å². The van der Waals surface area contributed by atoms with Crippen molar-refractivity contribution >= 4 is 50.2 Å². The van der Waals surface area contributed by atoms with Crippen LogP contribution in [0.3, 0.4) is 0 Å². The molecular weight excluding hydrogens is 383 g/mol. The molecule has 1 unspecified atom stereocenters. The van der Waals surface area contributed by atoms with Crippen molar-refractivity contribution in [1.82, 2.24) is 4.90 Å². The normalized spacial score (nSPS) is 19.3. The molecule has 6 heteroatoms. The van der Waals surface area contributed by atoms with Gasteiger partial charge in [-0.25, -0.2) is 0 Å². The Morgan fingerprint density at radius 1 is 1.39 bits per heavy atom. The summed E-state index contributed by atoms with van der Waals surface area (Å²) in [5, 5.41) is 0. The fourth-order valence-electron chi connectivity index (χ4n) is 2.03. The lowest BCUT2D eigenvalue weighted by molar-refractivity contribution is 0.0708. The molecule has 1 aromatic rings. The number of amides is 1. The Balaban J connectivity index is 0.00000162. The number of hydrogen-bond donors (Lipinski definition) is 1. The Hall–Kier alpha value is -0.100. The number of carbonyl (C=O) groups excluding carboxylic acids is 1. The molecule has 2 rings (SSSR count). The van der Waals surface area contributed by atoms with Gasteiger partial charge < -0.3 is 10.6 Å². The number of hydrogen-bond acceptors (Lipinski definition) is 2. The van der Waals surface area contributed by atoms with Crippen LogP contribution in [0.5, 0.6) is 0 Å². The molecule has 1 saturated heterocycles. The van der Waals surface area contributed by atoms with Gasteiger partial charge in [0.2, 0.25) is 0 Å². The molecule has 1 aliphatic heterocycles. The second-order valence-electron chi connectivity index (χ2n) is 4.28. The quantitative estimate of drug-likeness (QED) is 0.790. The smallest absolute Gasteiger partial charge is 0.255 e. The van der Waals surface area contributed by atoms with E-state index < -0.39 is 0 Å². The first-order chi connectivity index (χ1) is 8.08. The summed E-state index contributed by atoms with van der Waals surface area (Å²) in [5.41, 5.74) is 6.59. The van der Waals surface area contributed by atoms with Gasteiger partial charge in [-0.15, -0.1) is 12.4 Å². The van der Waals surface area contributed by atoms with Crippen molar-refractivity contribution in [3.05, 3.63) is 32.7 Å². The number of halogens is 3. The predicted octanol–water partition coefficient (Wildman–Crippen LogP) is 3.20. The van der Waals surface area contributed by atoms with E-state index in [9.17, 15) is 4.79 Å². The van der Waals surface area contributed by atoms with E-state index in [1.54, 1.807) is 0 Å². The molecule has 0 aliphatic carbocycles. The topological polar surface area (TPSA) is 46.3 Å². The summed E-state index contributed by atoms with van der Waals surface area (Å²) < 4.78 is 1.77. The van der Waals surface area contributed by atoms with Crippen molar-refractivity contribution in [2.75, 3.05) is 13.1 Å². The van der Waals surface area contributed by atoms with Crippen LogP contribution in [0.2, 0.25) is 0 Å². The maximum Gasteiger partial charge on any atom is 0.255 e. The van der Waals surface area contributed by atoms with Crippen LogP contribution in [-0.4, -0.2) is 29.9 Å². The van der Waals surface area contributed by atoms with E-state index in [1.165, 1.54) is 0 Å². The first kappa shape index (κ1) is 16.0. The van der Waals surface area contributed by atoms with Crippen LogP contribution in [0.25, 0.3) is 0 Å². The monoisotopic (exact) mass is 396 g/mol. The third-order valence-electron chi connectivity index (χ3n) is 2.91. The standard InChI is InChI=1S/C12H14Br2N2O.ClH/c13-8-3-4-10(11(14)6-8)12(17)16-5-1-2-9(15)7-16;/h3-4,6,9H,1-2,5,7,15H2;1H. The molecule has 1 fully saturated rings. The lowest BCUT2D eigenvalue weighted by Gasteiger charge is -2.31. The number of carbonyl (C=O) groups is 1. The van der Waals surface area contributed by atoms with Crippen LogP contribution in [0.4, 0.5) is 0 Å². The Morgan fingerprint density at radius 3 is 2.72 bits per heavy atom. The Bertz CT molecular complexity index is 442. The molecule has 3 nitrogen and oxygen atoms in total. The minimum atomic E-state index is 0. The summed E-state index contributed by atoms with van der Waals surface area (Å²) in [4.78, 5) is 14.1. The van der Waals surface area contributed by atoms with Gasteiger partial charge in [-0.2, -0.15) is 0 Å². The molecule has 100 valence electrons. The number of nitrogens with zero attached hydrogens (tertiary/aromatic N) is 1. The van der Waals surface area contributed by atoms with E-state index in [1.807, 2.05) is 23.1 Å². The van der Waals surface area contributed by atoms with E-state index in [2.05, 4.69) is 31.9 Å². The zero-order valence-corrected chi connectivity index (χ0v) is 13.7. The van der Waals surface area contributed by atoms with E-state index in [-0.39, 0.29) is 24.4 Å². The average molecular weight is 399 g/mol. The van der Waals surface area contributed by atoms with Gasteiger partial charge in [0, 0.05) is 28.1 Å². The minimum Gasteiger partial charge on any atom is -0.337 e. The first-order valence-electron chi connectivity index (χ1n) is 5.58. The van der Waals surface area contributed by atoms with E-state index in [0.29, 0.717) is 12.1 Å². The molecule has 1 aliphatic rings. The minimum absolute atomic E-state index is 0. The highest BCUT2D eigenvalue weighted by atomic mass is 79.9. The zero-order valence-electron chi connectivity index (χ0n) is 9.73. The summed E-state index contributed by atoms with van der Waals surface area (Å²) in [5.74, 6) is 0.0551. The summed E-state index contributed by atoms with van der Waals surface area (Å²) in [6, 6.07) is 5.71. The van der Waals surface area contributed by atoms with Crippen molar-refractivity contribution in [1.29, 1.82) is 0 Å². The van der Waals surface area contributed by atoms with Gasteiger partial charge in [-0.1, -0.05) is 15.9 Å². The Morgan fingerprint density at radius 2 is 2.11 bits per heavy atom. The third kappa shape index (κ3) is 3.70. The zero-order chi connectivity index (χ0) is 12.4. The van der Waals surface area contributed by atoms with Gasteiger partial charge in [-0.3, -0.25) is 4.79 Å². The summed E-state index contributed by atoms with van der Waals surface area (Å²) in [6.45, 7) is 1.45. The number of rotatable bonds is 1. The first-order valence-corrected chi connectivity index (χ1v) is 7.16. The molecule has 0 spiro atoms. The molecular formula is C12H15Br2ClN2O. The molecule has 1 aromatic carbocycles. The Labute approximate surface area is 130 Å². The van der Waals surface area contributed by atoms with Gasteiger partial charge in [0.1, 0.15) is 0 Å². The predicted molar refractivity (Wildman–Crippen MR) is 82.2 cm³/mol. The van der Waals surface area contributed by atoms with E-state index >= 15 is 0 Å². The molecule has 0 radical (unpaired) electrons. The van der Waals surface area contributed by atoms with Gasteiger partial charge >= 0.3 is 0 Å². The van der Waals surface area contributed by atoms with Crippen LogP contribution >= 0.6 is 44.3 Å². The molecule has 1 atom stereocenters. The van der Waals surface area contributed by atoms with Crippen molar-refractivity contribution in [3.8, 4) is 0 Å². The molecule has 2 N–H and O–H groups in total. The molecule has 0 aromatic heterocycles. The van der Waals surface area contributed by atoms with Crippen molar-refractivity contribution in [3.63, 3.8) is 0 Å². The highest BCUT2D eigenvalue weighted by Crippen LogP contribution is 2.24. The average Bonchev–Trinajstić information content (AvgIpc) is 2.28. The number of piperidine rings is 1. The second kappa shape index (κ2) is 6.89. The third-order valence-corrected chi connectivity index (χ3v) is 4.06. The SMILES string of the molecule is Cl.NC1CCCN(C(=O)c2ccc(Br)cc2Br)C1. The largest absolute Gasteiger partial charge is 0.337 e. The van der Waals surface area contributed by atoms with Crippen LogP contribution < -0.4 is 5.73 Å². The highest BCUT2D eigenvalue weighted by molar-refractivity contribution is 9.11. The van der Waals surface area contributed by atoms with Crippen LogP contribution in [0.15, 0.2) is 27.1 Å². The number of benzene rings is 1. The molecule has 0 bridgehead atoms. The van der Waals surface area contributed by atoms with Gasteiger partial charge in [0.05, 0.1) is 5.56 Å². The lowest BCUT2D eigenvalue weighted by atomic mass is 10.1. The molecule has 0 saturated carbocycles. The Kier molecular flexibility index (Phi) is 6.11. The summed E-state index contributed by atoms with van der Waals surface area (Å²) >= 11 is 6.80. The van der Waals surface area contributed by atoms with Gasteiger partial charge in [0.25, 0.3) is 5.91 Å². The van der Waals surface area contributed by atoms with Gasteiger partial charge in [0.15, 0.2) is 0 Å². The van der Waals surface area contributed by atoms with Crippen molar-refractivity contribution in [2.24, 2.45) is 5.73 Å². The lowest BCUT2D eigenvalue weighted by Crippen LogP contribution is -2.45. The molecule has 18 heavy (non-hydrogen) atoms. The summed E-state index contributed by atoms with van der Waals surface area (Å²) in [7, 11) is 0. The van der Waals surface area contributed by atoms with Crippen molar-refractivity contribution < 1.29 is 4.79 Å². The fraction of sp³-hybridized carbons (Fsp3) is 0.417. The van der Waals surface area contributed by atoms with Gasteiger partial charge in [-0.05, 0) is 47.0 Å². The number of nitrogens with two attached hydrogens (primary N) is 1. The second-order valence-corrected chi connectivity index (χ2v) is 6.05. The van der Waals surface area contributed by atoms with Crippen molar-refractivity contribution in [2.45, 2.75) is 18.9 Å². The fourth-order valence-corrected chi connectivity index (χ4v) is 3.24. The summed E-state index contributed by atoms with van der Waals surface area (Å²) in [6.07, 6.45) is 1.99. The maximum atomic E-state index is 12.3. The van der Waals surface area contributed by atoms with Crippen LogP contribution in [0, 0.1) is 0 Å². The van der Waals surface area contributed by atoms with E-state index in [4.69, 9.17) is 5.73 Å². The number of likely N-dealkylation sites (tertiary alicyclic amines) is 1. The molecule has 1 heterocycles. The highest BCUT2D eigenvalue weighted by Gasteiger charge is 2.23. The molecule has 1 amide bonds.